The van der Waals surface area contributed by atoms with E-state index in [4.69, 9.17) is 23.2 Å². The summed E-state index contributed by atoms with van der Waals surface area (Å²) in [7, 11) is 0. The highest BCUT2D eigenvalue weighted by atomic mass is 35.5. The first-order valence-corrected chi connectivity index (χ1v) is 3.67. The summed E-state index contributed by atoms with van der Waals surface area (Å²) >= 11 is 11.1. The normalized spacial score (nSPS) is 9.58. The van der Waals surface area contributed by atoms with Crippen molar-refractivity contribution in [3.05, 3.63) is 28.2 Å². The zero-order valence-corrected chi connectivity index (χ0v) is 7.19. The predicted molar refractivity (Wildman–Crippen MR) is 43.6 cm³/mol. The van der Waals surface area contributed by atoms with Gasteiger partial charge in [0.25, 0.3) is 0 Å². The van der Waals surface area contributed by atoms with Gasteiger partial charge in [-0.3, -0.25) is 0 Å². The third-order valence-corrected chi connectivity index (χ3v) is 1.83. The van der Waals surface area contributed by atoms with Crippen molar-refractivity contribution in [2.45, 2.75) is 0 Å². The molecule has 0 N–H and O–H groups in total. The van der Waals surface area contributed by atoms with Crippen LogP contribution in [0.5, 0.6) is 5.75 Å². The molecule has 0 aromatic heterocycles. The van der Waals surface area contributed by atoms with E-state index in [2.05, 4.69) is 4.74 Å². The van der Waals surface area contributed by atoms with Gasteiger partial charge in [-0.05, 0) is 12.1 Å². The molecule has 1 aromatic carbocycles. The lowest BCUT2D eigenvalue weighted by Gasteiger charge is -1.99. The Bertz CT molecular complexity index is 314. The van der Waals surface area contributed by atoms with Crippen LogP contribution < -0.4 is 4.74 Å². The number of hydrogen-bond acceptors (Lipinski definition) is 2. The summed E-state index contributed by atoms with van der Waals surface area (Å²) in [6.07, 6.45) is -1.88. The van der Waals surface area contributed by atoms with E-state index in [-0.39, 0.29) is 10.8 Å². The zero-order valence-electron chi connectivity index (χ0n) is 5.68. The molecular formula is C7H3Cl2FO2. The van der Waals surface area contributed by atoms with Gasteiger partial charge in [-0.2, -0.15) is 0 Å². The van der Waals surface area contributed by atoms with E-state index >= 15 is 0 Å². The molecule has 0 aliphatic carbocycles. The van der Waals surface area contributed by atoms with E-state index in [1.807, 2.05) is 0 Å². The van der Waals surface area contributed by atoms with E-state index < -0.39 is 6.22 Å². The highest BCUT2D eigenvalue weighted by Crippen LogP contribution is 2.26. The minimum atomic E-state index is -1.88. The van der Waals surface area contributed by atoms with Crippen LogP contribution in [0.4, 0.5) is 9.18 Å². The van der Waals surface area contributed by atoms with Gasteiger partial charge in [-0.15, -0.1) is 4.39 Å². The molecule has 0 aliphatic rings. The minimum Gasteiger partial charge on any atom is -0.401 e. The molecule has 0 heterocycles. The van der Waals surface area contributed by atoms with Gasteiger partial charge in [0, 0.05) is 6.07 Å². The minimum absolute atomic E-state index is 0.0249. The SMILES string of the molecule is O=C(F)Oc1ccc(Cl)c(Cl)c1. The van der Waals surface area contributed by atoms with Gasteiger partial charge in [-0.1, -0.05) is 23.2 Å². The van der Waals surface area contributed by atoms with E-state index in [0.29, 0.717) is 5.02 Å². The Morgan fingerprint density at radius 3 is 2.50 bits per heavy atom. The van der Waals surface area contributed by atoms with Gasteiger partial charge < -0.3 is 4.74 Å². The Balaban J connectivity index is 2.89. The topological polar surface area (TPSA) is 26.3 Å². The quantitative estimate of drug-likeness (QED) is 0.662. The predicted octanol–water partition coefficient (Wildman–Crippen LogP) is 3.46. The average Bonchev–Trinajstić information content (AvgIpc) is 1.96. The highest BCUT2D eigenvalue weighted by molar-refractivity contribution is 6.42. The molecule has 0 fully saturated rings. The van der Waals surface area contributed by atoms with Crippen molar-refractivity contribution in [3.8, 4) is 5.75 Å². The molecule has 0 saturated heterocycles. The van der Waals surface area contributed by atoms with Crippen molar-refractivity contribution in [2.24, 2.45) is 0 Å². The molecule has 12 heavy (non-hydrogen) atoms. The summed E-state index contributed by atoms with van der Waals surface area (Å²) in [5.41, 5.74) is 0. The van der Waals surface area contributed by atoms with Crippen molar-refractivity contribution in [1.29, 1.82) is 0 Å². The van der Waals surface area contributed by atoms with Crippen LogP contribution in [0.25, 0.3) is 0 Å². The maximum atomic E-state index is 11.7. The average molecular weight is 209 g/mol. The molecule has 0 aliphatic heterocycles. The molecule has 2 nitrogen and oxygen atoms in total. The maximum Gasteiger partial charge on any atom is 0.500 e. The Morgan fingerprint density at radius 2 is 2.00 bits per heavy atom. The number of rotatable bonds is 1. The number of carbonyl (C=O) groups excluding carboxylic acids is 1. The maximum absolute atomic E-state index is 11.7. The van der Waals surface area contributed by atoms with Gasteiger partial charge in [0.15, 0.2) is 0 Å². The van der Waals surface area contributed by atoms with Crippen molar-refractivity contribution in [3.63, 3.8) is 0 Å². The van der Waals surface area contributed by atoms with E-state index in [1.165, 1.54) is 18.2 Å². The standard InChI is InChI=1S/C7H3Cl2FO2/c8-5-2-1-4(3-6(5)9)12-7(10)11/h1-3H. The van der Waals surface area contributed by atoms with Gasteiger partial charge in [0.05, 0.1) is 10.0 Å². The third-order valence-electron chi connectivity index (χ3n) is 1.09. The lowest BCUT2D eigenvalue weighted by atomic mass is 10.3. The van der Waals surface area contributed by atoms with E-state index in [0.717, 1.165) is 0 Å². The van der Waals surface area contributed by atoms with Gasteiger partial charge in [0.1, 0.15) is 5.75 Å². The fraction of sp³-hybridized carbons (Fsp3) is 0. The molecule has 5 heteroatoms. The number of halogens is 3. The number of hydrogen-bond donors (Lipinski definition) is 0. The Kier molecular flexibility index (Phi) is 2.89. The lowest BCUT2D eigenvalue weighted by Crippen LogP contribution is -1.96. The summed E-state index contributed by atoms with van der Waals surface area (Å²) in [5.74, 6) is 0.0249. The summed E-state index contributed by atoms with van der Waals surface area (Å²) < 4.78 is 15.8. The lowest BCUT2D eigenvalue weighted by molar-refractivity contribution is 0.175. The molecule has 0 radical (unpaired) electrons. The summed E-state index contributed by atoms with van der Waals surface area (Å²) in [5, 5.41) is 0.519. The van der Waals surface area contributed by atoms with Gasteiger partial charge in [0.2, 0.25) is 0 Å². The Hall–Kier alpha value is -0.800. The molecule has 64 valence electrons. The first-order chi connectivity index (χ1) is 5.59. The van der Waals surface area contributed by atoms with Crippen LogP contribution in [0.15, 0.2) is 18.2 Å². The summed E-state index contributed by atoms with van der Waals surface area (Å²) in [6, 6.07) is 4.00. The van der Waals surface area contributed by atoms with Crippen LogP contribution in [0.2, 0.25) is 10.0 Å². The Labute approximate surface area is 77.8 Å². The van der Waals surface area contributed by atoms with Crippen LogP contribution in [0.3, 0.4) is 0 Å². The molecule has 0 amide bonds. The first-order valence-electron chi connectivity index (χ1n) is 2.92. The number of ether oxygens (including phenoxy) is 1. The summed E-state index contributed by atoms with van der Waals surface area (Å²) in [4.78, 5) is 9.84. The van der Waals surface area contributed by atoms with E-state index in [9.17, 15) is 9.18 Å². The second kappa shape index (κ2) is 3.74. The third kappa shape index (κ3) is 2.36. The van der Waals surface area contributed by atoms with Crippen LogP contribution in [0, 0.1) is 0 Å². The largest absolute Gasteiger partial charge is 0.500 e. The van der Waals surface area contributed by atoms with Crippen LogP contribution in [0.1, 0.15) is 0 Å². The molecule has 0 bridgehead atoms. The van der Waals surface area contributed by atoms with Gasteiger partial charge in [-0.25, -0.2) is 4.79 Å². The fourth-order valence-electron chi connectivity index (χ4n) is 0.633. The molecule has 1 rings (SSSR count). The van der Waals surface area contributed by atoms with Gasteiger partial charge >= 0.3 is 6.22 Å². The fourth-order valence-corrected chi connectivity index (χ4v) is 0.921. The van der Waals surface area contributed by atoms with Crippen molar-refractivity contribution >= 4 is 29.4 Å². The van der Waals surface area contributed by atoms with Crippen molar-refractivity contribution in [2.75, 3.05) is 0 Å². The van der Waals surface area contributed by atoms with Crippen molar-refractivity contribution in [1.82, 2.24) is 0 Å². The Morgan fingerprint density at radius 1 is 1.33 bits per heavy atom. The van der Waals surface area contributed by atoms with Crippen LogP contribution >= 0.6 is 23.2 Å². The summed E-state index contributed by atoms with van der Waals surface area (Å²) in [6.45, 7) is 0. The highest BCUT2D eigenvalue weighted by Gasteiger charge is 2.03. The smallest absolute Gasteiger partial charge is 0.401 e. The van der Waals surface area contributed by atoms with E-state index in [1.54, 1.807) is 0 Å². The molecule has 0 atom stereocenters. The number of carbonyl (C=O) groups is 1. The monoisotopic (exact) mass is 208 g/mol. The second-order valence-corrected chi connectivity index (χ2v) is 2.73. The van der Waals surface area contributed by atoms with Crippen molar-refractivity contribution < 1.29 is 13.9 Å². The molecular weight excluding hydrogens is 206 g/mol. The molecule has 0 saturated carbocycles. The zero-order chi connectivity index (χ0) is 9.14. The van der Waals surface area contributed by atoms with Crippen LogP contribution in [-0.4, -0.2) is 6.22 Å². The second-order valence-electron chi connectivity index (χ2n) is 1.92. The first kappa shape index (κ1) is 9.29. The molecule has 0 spiro atoms. The number of benzene rings is 1. The molecule has 0 unspecified atom stereocenters. The van der Waals surface area contributed by atoms with Crippen LogP contribution in [-0.2, 0) is 0 Å². The molecule has 1 aromatic rings.